The van der Waals surface area contributed by atoms with Gasteiger partial charge in [-0.25, -0.2) is 4.98 Å². The molecule has 1 unspecified atom stereocenters. The van der Waals surface area contributed by atoms with Gasteiger partial charge in [-0.1, -0.05) is 12.1 Å². The fourth-order valence-electron chi connectivity index (χ4n) is 2.81. The number of piperidine rings is 1. The molecule has 0 bridgehead atoms. The molecule has 1 aliphatic heterocycles. The van der Waals surface area contributed by atoms with Crippen molar-refractivity contribution in [1.82, 2.24) is 20.2 Å². The normalized spacial score (nSPS) is 19.2. The van der Waals surface area contributed by atoms with Gasteiger partial charge in [-0.05, 0) is 44.1 Å². The highest BCUT2D eigenvalue weighted by Gasteiger charge is 2.24. The van der Waals surface area contributed by atoms with E-state index in [0.717, 1.165) is 48.0 Å². The summed E-state index contributed by atoms with van der Waals surface area (Å²) in [7, 11) is 0. The molecule has 2 N–H and O–H groups in total. The number of para-hydroxylation sites is 2. The quantitative estimate of drug-likeness (QED) is 0.834. The maximum absolute atomic E-state index is 5.42. The van der Waals surface area contributed by atoms with Gasteiger partial charge >= 0.3 is 0 Å². The van der Waals surface area contributed by atoms with Gasteiger partial charge in [-0.15, -0.1) is 0 Å². The van der Waals surface area contributed by atoms with E-state index in [1.54, 1.807) is 0 Å². The van der Waals surface area contributed by atoms with Crippen molar-refractivity contribution in [2.45, 2.75) is 25.7 Å². The molecule has 1 aliphatic rings. The van der Waals surface area contributed by atoms with E-state index in [0.29, 0.717) is 5.92 Å². The Labute approximate surface area is 124 Å². The van der Waals surface area contributed by atoms with E-state index >= 15 is 0 Å². The highest BCUT2D eigenvalue weighted by atomic mass is 32.1. The Morgan fingerprint density at radius 3 is 3.15 bits per heavy atom. The third-order valence-electron chi connectivity index (χ3n) is 3.83. The van der Waals surface area contributed by atoms with Crippen molar-refractivity contribution in [3.05, 3.63) is 30.1 Å². The summed E-state index contributed by atoms with van der Waals surface area (Å²) >= 11 is 5.42. The standard InChI is InChI=1S/C15H20N4S/c1-2-16-15(20)19-9-5-6-11(10-19)14-17-12-7-3-4-8-13(12)18-14/h3-4,7-8,11H,2,5-6,9-10H2,1H3,(H,16,20)(H,17,18). The van der Waals surface area contributed by atoms with Gasteiger partial charge in [0.15, 0.2) is 5.11 Å². The first-order chi connectivity index (χ1) is 9.78. The van der Waals surface area contributed by atoms with Crippen LogP contribution < -0.4 is 5.32 Å². The van der Waals surface area contributed by atoms with Gasteiger partial charge in [-0.3, -0.25) is 0 Å². The maximum atomic E-state index is 5.42. The highest BCUT2D eigenvalue weighted by molar-refractivity contribution is 7.80. The molecule has 0 amide bonds. The minimum atomic E-state index is 0.438. The van der Waals surface area contributed by atoms with Crippen LogP contribution in [0.15, 0.2) is 24.3 Å². The number of aromatic amines is 1. The summed E-state index contributed by atoms with van der Waals surface area (Å²) in [4.78, 5) is 10.4. The monoisotopic (exact) mass is 288 g/mol. The van der Waals surface area contributed by atoms with E-state index in [-0.39, 0.29) is 0 Å². The van der Waals surface area contributed by atoms with Crippen LogP contribution in [0.4, 0.5) is 0 Å². The molecule has 0 saturated carbocycles. The lowest BCUT2D eigenvalue weighted by Gasteiger charge is -2.33. The fourth-order valence-corrected chi connectivity index (χ4v) is 3.12. The molecular formula is C15H20N4S. The molecule has 5 heteroatoms. The van der Waals surface area contributed by atoms with Crippen molar-refractivity contribution in [3.63, 3.8) is 0 Å². The van der Waals surface area contributed by atoms with E-state index in [2.05, 4.69) is 34.3 Å². The number of nitrogens with zero attached hydrogens (tertiary/aromatic N) is 2. The van der Waals surface area contributed by atoms with Crippen LogP contribution in [0, 0.1) is 0 Å². The largest absolute Gasteiger partial charge is 0.363 e. The van der Waals surface area contributed by atoms with Gasteiger partial charge in [0.2, 0.25) is 0 Å². The van der Waals surface area contributed by atoms with Gasteiger partial charge in [-0.2, -0.15) is 0 Å². The Hall–Kier alpha value is -1.62. The lowest BCUT2D eigenvalue weighted by Crippen LogP contribution is -2.44. The summed E-state index contributed by atoms with van der Waals surface area (Å²) < 4.78 is 0. The van der Waals surface area contributed by atoms with E-state index < -0.39 is 0 Å². The number of hydrogen-bond donors (Lipinski definition) is 2. The number of thiocarbonyl (C=S) groups is 1. The van der Waals surface area contributed by atoms with Crippen molar-refractivity contribution >= 4 is 28.4 Å². The van der Waals surface area contributed by atoms with Gasteiger partial charge < -0.3 is 15.2 Å². The zero-order valence-corrected chi connectivity index (χ0v) is 12.5. The predicted molar refractivity (Wildman–Crippen MR) is 85.9 cm³/mol. The summed E-state index contributed by atoms with van der Waals surface area (Å²) in [5, 5.41) is 4.11. The molecule has 0 spiro atoms. The molecule has 106 valence electrons. The minimum Gasteiger partial charge on any atom is -0.363 e. The van der Waals surface area contributed by atoms with Crippen LogP contribution in [0.3, 0.4) is 0 Å². The van der Waals surface area contributed by atoms with Crippen LogP contribution >= 0.6 is 12.2 Å². The molecule has 1 aromatic carbocycles. The maximum Gasteiger partial charge on any atom is 0.168 e. The molecule has 1 atom stereocenters. The number of benzene rings is 1. The fraction of sp³-hybridized carbons (Fsp3) is 0.467. The van der Waals surface area contributed by atoms with Crippen LogP contribution in [0.1, 0.15) is 31.5 Å². The number of hydrogen-bond acceptors (Lipinski definition) is 2. The van der Waals surface area contributed by atoms with E-state index in [4.69, 9.17) is 17.2 Å². The molecule has 1 aromatic heterocycles. The van der Waals surface area contributed by atoms with Gasteiger partial charge in [0.25, 0.3) is 0 Å². The molecule has 1 fully saturated rings. The van der Waals surface area contributed by atoms with Crippen molar-refractivity contribution < 1.29 is 0 Å². The summed E-state index contributed by atoms with van der Waals surface area (Å²) in [6.45, 7) is 4.95. The lowest BCUT2D eigenvalue weighted by molar-refractivity contribution is 0.300. The molecule has 0 aliphatic carbocycles. The van der Waals surface area contributed by atoms with Crippen LogP contribution in [0.25, 0.3) is 11.0 Å². The van der Waals surface area contributed by atoms with Gasteiger partial charge in [0, 0.05) is 25.6 Å². The smallest absolute Gasteiger partial charge is 0.168 e. The Kier molecular flexibility index (Phi) is 3.87. The number of fused-ring (bicyclic) bond motifs is 1. The zero-order chi connectivity index (χ0) is 13.9. The third-order valence-corrected chi connectivity index (χ3v) is 4.23. The first-order valence-corrected chi connectivity index (χ1v) is 7.66. The predicted octanol–water partition coefficient (Wildman–Crippen LogP) is 2.64. The van der Waals surface area contributed by atoms with Crippen molar-refractivity contribution in [2.24, 2.45) is 0 Å². The van der Waals surface area contributed by atoms with Crippen LogP contribution in [-0.2, 0) is 0 Å². The van der Waals surface area contributed by atoms with E-state index in [1.165, 1.54) is 6.42 Å². The second kappa shape index (κ2) is 5.79. The Bertz CT molecular complexity index is 574. The molecule has 3 rings (SSSR count). The first kappa shape index (κ1) is 13.4. The summed E-state index contributed by atoms with van der Waals surface area (Å²) in [5.41, 5.74) is 2.17. The molecule has 20 heavy (non-hydrogen) atoms. The molecular weight excluding hydrogens is 268 g/mol. The van der Waals surface area contributed by atoms with Crippen LogP contribution in [-0.4, -0.2) is 39.6 Å². The zero-order valence-electron chi connectivity index (χ0n) is 11.7. The van der Waals surface area contributed by atoms with Crippen molar-refractivity contribution in [3.8, 4) is 0 Å². The summed E-state index contributed by atoms with van der Waals surface area (Å²) in [5.74, 6) is 1.53. The Balaban J connectivity index is 1.77. The molecule has 2 heterocycles. The van der Waals surface area contributed by atoms with E-state index in [9.17, 15) is 0 Å². The van der Waals surface area contributed by atoms with E-state index in [1.807, 2.05) is 12.1 Å². The number of H-pyrrole nitrogens is 1. The average molecular weight is 288 g/mol. The molecule has 1 saturated heterocycles. The molecule has 4 nitrogen and oxygen atoms in total. The number of imidazole rings is 1. The molecule has 2 aromatic rings. The van der Waals surface area contributed by atoms with Gasteiger partial charge in [0.1, 0.15) is 5.82 Å². The highest BCUT2D eigenvalue weighted by Crippen LogP contribution is 2.26. The van der Waals surface area contributed by atoms with Gasteiger partial charge in [0.05, 0.1) is 11.0 Å². The summed E-state index contributed by atoms with van der Waals surface area (Å²) in [6.07, 6.45) is 2.33. The Morgan fingerprint density at radius 1 is 1.50 bits per heavy atom. The topological polar surface area (TPSA) is 44.0 Å². The average Bonchev–Trinajstić information content (AvgIpc) is 2.91. The lowest BCUT2D eigenvalue weighted by atomic mass is 9.98. The number of likely N-dealkylation sites (tertiary alicyclic amines) is 1. The Morgan fingerprint density at radius 2 is 2.35 bits per heavy atom. The van der Waals surface area contributed by atoms with Crippen LogP contribution in [0.2, 0.25) is 0 Å². The number of aromatic nitrogens is 2. The summed E-state index contributed by atoms with van der Waals surface area (Å²) in [6, 6.07) is 8.20. The SMILES string of the molecule is CCNC(=S)N1CCCC(c2nc3ccccc3[nH]2)C1. The second-order valence-corrected chi connectivity index (χ2v) is 5.65. The third kappa shape index (κ3) is 2.63. The molecule has 0 radical (unpaired) electrons. The van der Waals surface area contributed by atoms with Crippen molar-refractivity contribution in [2.75, 3.05) is 19.6 Å². The minimum absolute atomic E-state index is 0.438. The number of nitrogens with one attached hydrogen (secondary N) is 2. The number of rotatable bonds is 2. The van der Waals surface area contributed by atoms with Crippen molar-refractivity contribution in [1.29, 1.82) is 0 Å². The first-order valence-electron chi connectivity index (χ1n) is 7.25. The van der Waals surface area contributed by atoms with Crippen LogP contribution in [0.5, 0.6) is 0 Å². The second-order valence-electron chi connectivity index (χ2n) is 5.26.